The van der Waals surface area contributed by atoms with Crippen molar-refractivity contribution in [3.8, 4) is 0 Å². The van der Waals surface area contributed by atoms with Crippen LogP contribution in [0.5, 0.6) is 0 Å². The van der Waals surface area contributed by atoms with Gasteiger partial charge in [0.15, 0.2) is 5.65 Å². The normalized spacial score (nSPS) is 12.1. The predicted octanol–water partition coefficient (Wildman–Crippen LogP) is 3.45. The number of benzene rings is 1. The fourth-order valence-electron chi connectivity index (χ4n) is 3.15. The summed E-state index contributed by atoms with van der Waals surface area (Å²) in [6, 6.07) is 12.6. The molecule has 0 fully saturated rings. The number of amides is 2. The Balaban J connectivity index is 1.69. The number of hydrogen-bond acceptors (Lipinski definition) is 4. The first-order chi connectivity index (χ1) is 13.9. The Hall–Kier alpha value is -3.42. The molecule has 8 nitrogen and oxygen atoms in total. The molecular weight excluding hydrogens is 370 g/mol. The van der Waals surface area contributed by atoms with Crippen LogP contribution in [-0.2, 0) is 11.2 Å². The quantitative estimate of drug-likeness (QED) is 0.541. The number of fused-ring (bicyclic) bond motifs is 1. The van der Waals surface area contributed by atoms with Crippen LogP contribution in [0.15, 0.2) is 48.7 Å². The van der Waals surface area contributed by atoms with Crippen molar-refractivity contribution in [3.05, 3.63) is 60.0 Å². The van der Waals surface area contributed by atoms with E-state index in [-0.39, 0.29) is 24.4 Å². The molecule has 1 unspecified atom stereocenters. The maximum Gasteiger partial charge on any atom is 0.319 e. The van der Waals surface area contributed by atoms with E-state index in [2.05, 4.69) is 20.8 Å². The molecule has 2 heterocycles. The molecule has 3 N–H and O–H groups in total. The summed E-state index contributed by atoms with van der Waals surface area (Å²) in [5, 5.41) is 23.0. The van der Waals surface area contributed by atoms with Gasteiger partial charge in [0.05, 0.1) is 5.69 Å². The highest BCUT2D eigenvalue weighted by molar-refractivity contribution is 5.89. The Kier molecular flexibility index (Phi) is 6.43. The van der Waals surface area contributed by atoms with Gasteiger partial charge in [-0.3, -0.25) is 9.20 Å². The van der Waals surface area contributed by atoms with Crippen molar-refractivity contribution in [2.75, 3.05) is 5.32 Å². The number of urea groups is 1. The molecule has 0 spiro atoms. The number of carboxylic acid groups (broad SMARTS) is 1. The minimum absolute atomic E-state index is 0.0117. The topological polar surface area (TPSA) is 109 Å². The van der Waals surface area contributed by atoms with Crippen molar-refractivity contribution in [2.45, 2.75) is 45.1 Å². The summed E-state index contributed by atoms with van der Waals surface area (Å²) in [6.45, 7) is 4.06. The van der Waals surface area contributed by atoms with E-state index in [0.29, 0.717) is 24.2 Å². The lowest BCUT2D eigenvalue weighted by Gasteiger charge is -2.19. The summed E-state index contributed by atoms with van der Waals surface area (Å²) in [7, 11) is 0. The Morgan fingerprint density at radius 2 is 1.86 bits per heavy atom. The highest BCUT2D eigenvalue weighted by Crippen LogP contribution is 2.17. The molecule has 2 amide bonds. The van der Waals surface area contributed by atoms with Gasteiger partial charge in [-0.25, -0.2) is 4.79 Å². The van der Waals surface area contributed by atoms with Crippen LogP contribution in [0.1, 0.15) is 44.0 Å². The van der Waals surface area contributed by atoms with Crippen LogP contribution < -0.4 is 10.6 Å². The molecule has 1 aromatic carbocycles. The van der Waals surface area contributed by atoms with Crippen LogP contribution in [0.2, 0.25) is 0 Å². The molecule has 0 aliphatic rings. The first-order valence-electron chi connectivity index (χ1n) is 9.60. The number of aromatic nitrogens is 3. The lowest BCUT2D eigenvalue weighted by atomic mass is 10.0. The lowest BCUT2D eigenvalue weighted by Crippen LogP contribution is -2.39. The van der Waals surface area contributed by atoms with Crippen molar-refractivity contribution in [2.24, 2.45) is 0 Å². The van der Waals surface area contributed by atoms with Crippen molar-refractivity contribution in [1.82, 2.24) is 19.9 Å². The molecule has 152 valence electrons. The molecule has 0 saturated heterocycles. The molecule has 0 aliphatic carbocycles. The molecule has 3 rings (SSSR count). The van der Waals surface area contributed by atoms with Gasteiger partial charge in [0.2, 0.25) is 0 Å². The highest BCUT2D eigenvalue weighted by atomic mass is 16.4. The number of rotatable bonds is 8. The SMILES string of the molecule is CC(C)c1nnc2ccc(NC(=O)NC(CCC(=O)O)Cc3ccccc3)cn12. The zero-order valence-electron chi connectivity index (χ0n) is 16.5. The Labute approximate surface area is 169 Å². The summed E-state index contributed by atoms with van der Waals surface area (Å²) >= 11 is 0. The Bertz CT molecular complexity index is 984. The summed E-state index contributed by atoms with van der Waals surface area (Å²) < 4.78 is 1.85. The lowest BCUT2D eigenvalue weighted by molar-refractivity contribution is -0.137. The predicted molar refractivity (Wildman–Crippen MR) is 110 cm³/mol. The zero-order chi connectivity index (χ0) is 20.8. The van der Waals surface area contributed by atoms with Gasteiger partial charge in [-0.15, -0.1) is 10.2 Å². The van der Waals surface area contributed by atoms with Gasteiger partial charge in [-0.05, 0) is 30.5 Å². The maximum absolute atomic E-state index is 12.5. The van der Waals surface area contributed by atoms with E-state index in [1.54, 1.807) is 18.3 Å². The first kappa shape index (κ1) is 20.3. The Morgan fingerprint density at radius 1 is 1.10 bits per heavy atom. The number of hydrogen-bond donors (Lipinski definition) is 3. The van der Waals surface area contributed by atoms with Crippen molar-refractivity contribution in [1.29, 1.82) is 0 Å². The van der Waals surface area contributed by atoms with E-state index in [1.807, 2.05) is 48.6 Å². The number of carbonyl (C=O) groups excluding carboxylic acids is 1. The van der Waals surface area contributed by atoms with Crippen LogP contribution in [0.25, 0.3) is 5.65 Å². The number of pyridine rings is 1. The second-order valence-electron chi connectivity index (χ2n) is 7.28. The molecule has 3 aromatic rings. The van der Waals surface area contributed by atoms with E-state index < -0.39 is 5.97 Å². The van der Waals surface area contributed by atoms with Gasteiger partial charge in [0, 0.05) is 24.6 Å². The monoisotopic (exact) mass is 395 g/mol. The molecule has 8 heteroatoms. The van der Waals surface area contributed by atoms with Crippen molar-refractivity contribution < 1.29 is 14.7 Å². The number of nitrogens with one attached hydrogen (secondary N) is 2. The first-order valence-corrected chi connectivity index (χ1v) is 9.60. The molecule has 0 bridgehead atoms. The number of aliphatic carboxylic acids is 1. The molecule has 1 atom stereocenters. The maximum atomic E-state index is 12.5. The van der Waals surface area contributed by atoms with Gasteiger partial charge in [-0.1, -0.05) is 44.2 Å². The molecule has 0 aliphatic heterocycles. The van der Waals surface area contributed by atoms with Gasteiger partial charge >= 0.3 is 12.0 Å². The smallest absolute Gasteiger partial charge is 0.319 e. The standard InChI is InChI=1S/C21H25N5O3/c1-14(2)20-25-24-18-10-8-17(13-26(18)20)23-21(29)22-16(9-11-19(27)28)12-15-6-4-3-5-7-15/h3-8,10,13-14,16H,9,11-12H2,1-2H3,(H,27,28)(H2,22,23,29). The van der Waals surface area contributed by atoms with E-state index in [1.165, 1.54) is 0 Å². The summed E-state index contributed by atoms with van der Waals surface area (Å²) in [6.07, 6.45) is 2.68. The summed E-state index contributed by atoms with van der Waals surface area (Å²) in [5.41, 5.74) is 2.35. The third kappa shape index (κ3) is 5.54. The van der Waals surface area contributed by atoms with Crippen LogP contribution >= 0.6 is 0 Å². The molecular formula is C21H25N5O3. The number of nitrogens with zero attached hydrogens (tertiary/aromatic N) is 3. The largest absolute Gasteiger partial charge is 0.481 e. The number of carboxylic acids is 1. The van der Waals surface area contributed by atoms with Crippen LogP contribution in [0.3, 0.4) is 0 Å². The van der Waals surface area contributed by atoms with E-state index >= 15 is 0 Å². The molecule has 2 aromatic heterocycles. The van der Waals surface area contributed by atoms with Gasteiger partial charge in [0.25, 0.3) is 0 Å². The van der Waals surface area contributed by atoms with Gasteiger partial charge < -0.3 is 15.7 Å². The fourth-order valence-corrected chi connectivity index (χ4v) is 3.15. The second kappa shape index (κ2) is 9.18. The average molecular weight is 395 g/mol. The molecule has 29 heavy (non-hydrogen) atoms. The van der Waals surface area contributed by atoms with Crippen LogP contribution in [0, 0.1) is 0 Å². The third-order valence-electron chi connectivity index (χ3n) is 4.57. The molecule has 0 radical (unpaired) electrons. The van der Waals surface area contributed by atoms with Crippen molar-refractivity contribution in [3.63, 3.8) is 0 Å². The minimum atomic E-state index is -0.885. The van der Waals surface area contributed by atoms with Gasteiger partial charge in [0.1, 0.15) is 5.82 Å². The van der Waals surface area contributed by atoms with Gasteiger partial charge in [-0.2, -0.15) is 0 Å². The van der Waals surface area contributed by atoms with Crippen molar-refractivity contribution >= 4 is 23.3 Å². The van der Waals surface area contributed by atoms with E-state index in [9.17, 15) is 9.59 Å². The van der Waals surface area contributed by atoms with E-state index in [4.69, 9.17) is 5.11 Å². The second-order valence-corrected chi connectivity index (χ2v) is 7.28. The third-order valence-corrected chi connectivity index (χ3v) is 4.57. The zero-order valence-corrected chi connectivity index (χ0v) is 16.5. The number of carbonyl (C=O) groups is 2. The summed E-state index contributed by atoms with van der Waals surface area (Å²) in [5.74, 6) is 0.123. The Morgan fingerprint density at radius 3 is 2.55 bits per heavy atom. The summed E-state index contributed by atoms with van der Waals surface area (Å²) in [4.78, 5) is 23.5. The average Bonchev–Trinajstić information content (AvgIpc) is 3.10. The highest BCUT2D eigenvalue weighted by Gasteiger charge is 2.16. The molecule has 0 saturated carbocycles. The van der Waals surface area contributed by atoms with E-state index in [0.717, 1.165) is 11.4 Å². The number of anilines is 1. The fraction of sp³-hybridized carbons (Fsp3) is 0.333. The van der Waals surface area contributed by atoms with Crippen LogP contribution in [-0.4, -0.2) is 37.7 Å². The minimum Gasteiger partial charge on any atom is -0.481 e. The van der Waals surface area contributed by atoms with Crippen LogP contribution in [0.4, 0.5) is 10.5 Å².